The molecule has 1 aromatic rings. The van der Waals surface area contributed by atoms with Crippen LogP contribution in [-0.2, 0) is 11.2 Å². The Morgan fingerprint density at radius 3 is 2.95 bits per heavy atom. The number of carbonyl (C=O) groups is 2. The Kier molecular flexibility index (Phi) is 6.14. The summed E-state index contributed by atoms with van der Waals surface area (Å²) in [4.78, 5) is 29.2. The normalized spacial score (nSPS) is 12.3. The molecule has 0 unspecified atom stereocenters. The summed E-state index contributed by atoms with van der Waals surface area (Å²) >= 11 is 0. The molecule has 0 aliphatic heterocycles. The second kappa shape index (κ2) is 7.91. The summed E-state index contributed by atoms with van der Waals surface area (Å²) in [6.45, 7) is 2.36. The number of aromatic nitrogens is 2. The zero-order chi connectivity index (χ0) is 14.1. The first-order valence-electron chi connectivity index (χ1n) is 5.99. The molecule has 19 heavy (non-hydrogen) atoms. The minimum absolute atomic E-state index is 0.164. The lowest BCUT2D eigenvalue weighted by molar-refractivity contribution is -0.139. The lowest BCUT2D eigenvalue weighted by atomic mass is 10.2. The molecule has 1 heterocycles. The van der Waals surface area contributed by atoms with Crippen LogP contribution in [0.5, 0.6) is 0 Å². The summed E-state index contributed by atoms with van der Waals surface area (Å²) in [5.74, 6) is -1.08. The number of urea groups is 1. The quantitative estimate of drug-likeness (QED) is 0.430. The number of H-pyrrole nitrogens is 1. The standard InChI is InChI=1S/C12H18N4O3/c1-2-3-4-5-14-12(19)16-10(11(17)18)6-9-7-13-8-15-9/h2-3,7-8,10H,4-6H2,1H3,(H,13,15)(H,17,18)(H2,14,16,19)/b3-2+/t10-/m1/s1. The Morgan fingerprint density at radius 2 is 2.37 bits per heavy atom. The minimum Gasteiger partial charge on any atom is -0.480 e. The third-order valence-electron chi connectivity index (χ3n) is 2.41. The van der Waals surface area contributed by atoms with E-state index in [1.54, 1.807) is 0 Å². The average Bonchev–Trinajstić information content (AvgIpc) is 2.86. The number of aliphatic carboxylic acids is 1. The highest BCUT2D eigenvalue weighted by Crippen LogP contribution is 1.98. The molecule has 0 saturated carbocycles. The number of nitrogens with one attached hydrogen (secondary N) is 3. The zero-order valence-corrected chi connectivity index (χ0v) is 10.7. The fourth-order valence-corrected chi connectivity index (χ4v) is 1.46. The van der Waals surface area contributed by atoms with Crippen molar-refractivity contribution in [3.8, 4) is 0 Å². The van der Waals surface area contributed by atoms with E-state index in [1.807, 2.05) is 19.1 Å². The number of imidazole rings is 1. The van der Waals surface area contributed by atoms with Crippen molar-refractivity contribution < 1.29 is 14.7 Å². The maximum Gasteiger partial charge on any atom is 0.326 e. The van der Waals surface area contributed by atoms with Crippen molar-refractivity contribution in [3.05, 3.63) is 30.4 Å². The van der Waals surface area contributed by atoms with Crippen molar-refractivity contribution in [3.63, 3.8) is 0 Å². The molecular weight excluding hydrogens is 248 g/mol. The van der Waals surface area contributed by atoms with Crippen molar-refractivity contribution in [1.82, 2.24) is 20.6 Å². The van der Waals surface area contributed by atoms with Crippen LogP contribution in [0.15, 0.2) is 24.7 Å². The van der Waals surface area contributed by atoms with Crippen molar-refractivity contribution in [2.45, 2.75) is 25.8 Å². The number of hydrogen-bond donors (Lipinski definition) is 4. The van der Waals surface area contributed by atoms with Gasteiger partial charge in [0.05, 0.1) is 6.33 Å². The highest BCUT2D eigenvalue weighted by Gasteiger charge is 2.20. The van der Waals surface area contributed by atoms with Gasteiger partial charge < -0.3 is 20.7 Å². The third kappa shape index (κ3) is 5.71. The van der Waals surface area contributed by atoms with E-state index in [0.717, 1.165) is 0 Å². The molecule has 1 atom stereocenters. The van der Waals surface area contributed by atoms with Gasteiger partial charge >= 0.3 is 12.0 Å². The van der Waals surface area contributed by atoms with Gasteiger partial charge in [0, 0.05) is 24.9 Å². The summed E-state index contributed by atoms with van der Waals surface area (Å²) in [5.41, 5.74) is 0.654. The number of carboxylic acid groups (broad SMARTS) is 1. The summed E-state index contributed by atoms with van der Waals surface area (Å²) in [6, 6.07) is -1.47. The van der Waals surface area contributed by atoms with Gasteiger partial charge in [0.25, 0.3) is 0 Å². The minimum atomic E-state index is -1.08. The van der Waals surface area contributed by atoms with Crippen molar-refractivity contribution in [2.24, 2.45) is 0 Å². The van der Waals surface area contributed by atoms with Crippen molar-refractivity contribution in [1.29, 1.82) is 0 Å². The van der Waals surface area contributed by atoms with Gasteiger partial charge in [-0.3, -0.25) is 0 Å². The van der Waals surface area contributed by atoms with Crippen molar-refractivity contribution in [2.75, 3.05) is 6.54 Å². The van der Waals surface area contributed by atoms with Crippen LogP contribution in [0.4, 0.5) is 4.79 Å². The van der Waals surface area contributed by atoms with Gasteiger partial charge in [-0.15, -0.1) is 0 Å². The predicted octanol–water partition coefficient (Wildman–Crippen LogP) is 0.671. The Balaban J connectivity index is 2.40. The first-order valence-corrected chi connectivity index (χ1v) is 5.99. The number of rotatable bonds is 7. The van der Waals surface area contributed by atoms with Crippen LogP contribution in [0.3, 0.4) is 0 Å². The Hall–Kier alpha value is -2.31. The van der Waals surface area contributed by atoms with Crippen LogP contribution >= 0.6 is 0 Å². The molecule has 0 saturated heterocycles. The van der Waals surface area contributed by atoms with E-state index in [2.05, 4.69) is 20.6 Å². The molecule has 0 aliphatic rings. The molecule has 104 valence electrons. The second-order valence-electron chi connectivity index (χ2n) is 3.93. The van der Waals surface area contributed by atoms with Gasteiger partial charge in [-0.05, 0) is 13.3 Å². The molecule has 0 spiro atoms. The number of carbonyl (C=O) groups excluding carboxylic acids is 1. The van der Waals surface area contributed by atoms with E-state index in [0.29, 0.717) is 18.7 Å². The fourth-order valence-electron chi connectivity index (χ4n) is 1.46. The highest BCUT2D eigenvalue weighted by molar-refractivity contribution is 5.82. The predicted molar refractivity (Wildman–Crippen MR) is 69.7 cm³/mol. The first-order chi connectivity index (χ1) is 9.13. The van der Waals surface area contributed by atoms with Gasteiger partial charge in [0.2, 0.25) is 0 Å². The number of nitrogens with zero attached hydrogens (tertiary/aromatic N) is 1. The van der Waals surface area contributed by atoms with E-state index in [1.165, 1.54) is 12.5 Å². The van der Waals surface area contributed by atoms with Crippen LogP contribution in [0.25, 0.3) is 0 Å². The first kappa shape index (κ1) is 14.7. The van der Waals surface area contributed by atoms with Crippen molar-refractivity contribution >= 4 is 12.0 Å². The molecular formula is C12H18N4O3. The average molecular weight is 266 g/mol. The maximum absolute atomic E-state index is 11.5. The largest absolute Gasteiger partial charge is 0.480 e. The Bertz CT molecular complexity index is 428. The Morgan fingerprint density at radius 1 is 1.58 bits per heavy atom. The van der Waals surface area contributed by atoms with Gasteiger partial charge in [0.1, 0.15) is 6.04 Å². The number of allylic oxidation sites excluding steroid dienone is 1. The summed E-state index contributed by atoms with van der Waals surface area (Å²) in [7, 11) is 0. The van der Waals surface area contributed by atoms with Gasteiger partial charge in [0.15, 0.2) is 0 Å². The summed E-state index contributed by atoms with van der Waals surface area (Å²) in [6.07, 6.45) is 7.67. The number of hydrogen-bond acceptors (Lipinski definition) is 3. The molecule has 7 nitrogen and oxygen atoms in total. The van der Waals surface area contributed by atoms with E-state index in [9.17, 15) is 9.59 Å². The summed E-state index contributed by atoms with van der Waals surface area (Å²) in [5, 5.41) is 14.0. The lowest BCUT2D eigenvalue weighted by Crippen LogP contribution is -2.47. The van der Waals surface area contributed by atoms with E-state index in [-0.39, 0.29) is 6.42 Å². The molecule has 0 radical (unpaired) electrons. The van der Waals surface area contributed by atoms with Crippen LogP contribution in [0.1, 0.15) is 19.0 Å². The molecule has 0 aromatic carbocycles. The topological polar surface area (TPSA) is 107 Å². The van der Waals surface area contributed by atoms with Gasteiger partial charge in [-0.25, -0.2) is 14.6 Å². The fraction of sp³-hybridized carbons (Fsp3) is 0.417. The monoisotopic (exact) mass is 266 g/mol. The van der Waals surface area contributed by atoms with E-state index >= 15 is 0 Å². The molecule has 7 heteroatoms. The van der Waals surface area contributed by atoms with Crippen LogP contribution in [0, 0.1) is 0 Å². The van der Waals surface area contributed by atoms with Gasteiger partial charge in [-0.2, -0.15) is 0 Å². The number of carboxylic acids is 1. The van der Waals surface area contributed by atoms with Crippen LogP contribution < -0.4 is 10.6 Å². The highest BCUT2D eigenvalue weighted by atomic mass is 16.4. The van der Waals surface area contributed by atoms with Crippen LogP contribution in [-0.4, -0.2) is 39.7 Å². The molecule has 0 bridgehead atoms. The smallest absolute Gasteiger partial charge is 0.326 e. The molecule has 2 amide bonds. The molecule has 1 rings (SSSR count). The Labute approximate surface area is 111 Å². The zero-order valence-electron chi connectivity index (χ0n) is 10.7. The van der Waals surface area contributed by atoms with Gasteiger partial charge in [-0.1, -0.05) is 12.2 Å². The third-order valence-corrected chi connectivity index (χ3v) is 2.41. The molecule has 0 aliphatic carbocycles. The molecule has 1 aromatic heterocycles. The van der Waals surface area contributed by atoms with E-state index in [4.69, 9.17) is 5.11 Å². The molecule has 0 fully saturated rings. The lowest BCUT2D eigenvalue weighted by Gasteiger charge is -2.14. The maximum atomic E-state index is 11.5. The number of amides is 2. The number of aromatic amines is 1. The second-order valence-corrected chi connectivity index (χ2v) is 3.93. The molecule has 4 N–H and O–H groups in total. The SMILES string of the molecule is C/C=C/CCNC(=O)N[C@H](Cc1cnc[nH]1)C(=O)O. The summed E-state index contributed by atoms with van der Waals surface area (Å²) < 4.78 is 0. The van der Waals surface area contributed by atoms with Crippen LogP contribution in [0.2, 0.25) is 0 Å². The van der Waals surface area contributed by atoms with E-state index < -0.39 is 18.0 Å².